The lowest BCUT2D eigenvalue weighted by atomic mass is 10.7. The van der Waals surface area contributed by atoms with Gasteiger partial charge in [0.2, 0.25) is 0 Å². The van der Waals surface area contributed by atoms with E-state index in [-0.39, 0.29) is 0 Å². The summed E-state index contributed by atoms with van der Waals surface area (Å²) in [7, 11) is 1.56. The molecular formula is C3H8N4. The summed E-state index contributed by atoms with van der Waals surface area (Å²) in [6, 6.07) is 0. The average molecular weight is 100 g/mol. The van der Waals surface area contributed by atoms with Crippen molar-refractivity contribution in [2.24, 2.45) is 21.2 Å². The second kappa shape index (κ2) is 3.27. The van der Waals surface area contributed by atoms with Crippen LogP contribution in [0.3, 0.4) is 0 Å². The van der Waals surface area contributed by atoms with Gasteiger partial charge in [-0.2, -0.15) is 10.2 Å². The van der Waals surface area contributed by atoms with Crippen LogP contribution in [-0.2, 0) is 0 Å². The first kappa shape index (κ1) is 6.07. The van der Waals surface area contributed by atoms with Gasteiger partial charge in [-0.3, -0.25) is 0 Å². The van der Waals surface area contributed by atoms with E-state index < -0.39 is 0 Å². The summed E-state index contributed by atoms with van der Waals surface area (Å²) in [4.78, 5) is 0. The van der Waals surface area contributed by atoms with Gasteiger partial charge in [0, 0.05) is 7.05 Å². The van der Waals surface area contributed by atoms with Crippen molar-refractivity contribution >= 4 is 5.84 Å². The van der Waals surface area contributed by atoms with Crippen LogP contribution in [-0.4, -0.2) is 12.9 Å². The highest BCUT2D eigenvalue weighted by atomic mass is 15.2. The van der Waals surface area contributed by atoms with Crippen LogP contribution in [0.2, 0.25) is 0 Å². The van der Waals surface area contributed by atoms with Gasteiger partial charge in [-0.05, 0) is 6.92 Å². The molecule has 0 aliphatic rings. The number of hydrogen-bond donors (Lipinski definition) is 1. The molecular weight excluding hydrogens is 92.1 g/mol. The van der Waals surface area contributed by atoms with E-state index in [1.54, 1.807) is 14.0 Å². The summed E-state index contributed by atoms with van der Waals surface area (Å²) < 4.78 is 0. The third-order valence-corrected chi connectivity index (χ3v) is 0.432. The number of rotatable bonds is 0. The molecule has 0 aromatic rings. The molecule has 4 nitrogen and oxygen atoms in total. The molecule has 0 saturated heterocycles. The minimum Gasteiger partial charge on any atom is -0.321 e. The Bertz CT molecular complexity index is 93.1. The SMILES string of the molecule is CN=N/C(C)=N\N. The third kappa shape index (κ3) is 2.88. The fraction of sp³-hybridized carbons (Fsp3) is 0.667. The number of amidine groups is 1. The molecule has 4 heteroatoms. The van der Waals surface area contributed by atoms with Crippen LogP contribution >= 0.6 is 0 Å². The highest BCUT2D eigenvalue weighted by Crippen LogP contribution is 1.73. The van der Waals surface area contributed by atoms with E-state index in [9.17, 15) is 0 Å². The van der Waals surface area contributed by atoms with Crippen LogP contribution in [0.1, 0.15) is 6.92 Å². The van der Waals surface area contributed by atoms with E-state index >= 15 is 0 Å². The van der Waals surface area contributed by atoms with Crippen molar-refractivity contribution in [3.63, 3.8) is 0 Å². The van der Waals surface area contributed by atoms with Crippen molar-refractivity contribution < 1.29 is 0 Å². The Morgan fingerprint density at radius 3 is 2.29 bits per heavy atom. The number of hydrazone groups is 1. The summed E-state index contributed by atoms with van der Waals surface area (Å²) >= 11 is 0. The molecule has 0 saturated carbocycles. The van der Waals surface area contributed by atoms with E-state index in [0.717, 1.165) is 0 Å². The second-order valence-electron chi connectivity index (χ2n) is 0.976. The Balaban J connectivity index is 3.58. The molecule has 0 radical (unpaired) electrons. The zero-order valence-corrected chi connectivity index (χ0v) is 4.42. The van der Waals surface area contributed by atoms with Gasteiger partial charge in [-0.15, -0.1) is 5.11 Å². The van der Waals surface area contributed by atoms with Crippen LogP contribution in [0.15, 0.2) is 15.3 Å². The first-order valence-electron chi connectivity index (χ1n) is 1.85. The molecule has 0 fully saturated rings. The number of nitrogens with two attached hydrogens (primary N) is 1. The van der Waals surface area contributed by atoms with Gasteiger partial charge in [0.05, 0.1) is 0 Å². The van der Waals surface area contributed by atoms with Crippen LogP contribution < -0.4 is 5.84 Å². The van der Waals surface area contributed by atoms with Crippen molar-refractivity contribution in [3.05, 3.63) is 0 Å². The lowest BCUT2D eigenvalue weighted by molar-refractivity contribution is 1.14. The van der Waals surface area contributed by atoms with Gasteiger partial charge in [0.25, 0.3) is 0 Å². The lowest BCUT2D eigenvalue weighted by Gasteiger charge is -1.78. The van der Waals surface area contributed by atoms with Gasteiger partial charge in [0.15, 0.2) is 5.84 Å². The van der Waals surface area contributed by atoms with Crippen molar-refractivity contribution in [1.82, 2.24) is 0 Å². The molecule has 0 aliphatic carbocycles. The summed E-state index contributed by atoms with van der Waals surface area (Å²) in [5.41, 5.74) is 0. The molecule has 0 heterocycles. The van der Waals surface area contributed by atoms with Gasteiger partial charge in [-0.25, -0.2) is 0 Å². The quantitative estimate of drug-likeness (QED) is 0.154. The molecule has 40 valence electrons. The summed E-state index contributed by atoms with van der Waals surface area (Å²) in [6.45, 7) is 1.67. The van der Waals surface area contributed by atoms with Crippen molar-refractivity contribution in [2.75, 3.05) is 7.05 Å². The molecule has 7 heavy (non-hydrogen) atoms. The molecule has 0 unspecified atom stereocenters. The van der Waals surface area contributed by atoms with E-state index in [4.69, 9.17) is 5.84 Å². The van der Waals surface area contributed by atoms with Crippen LogP contribution in [0.4, 0.5) is 0 Å². The van der Waals surface area contributed by atoms with Crippen molar-refractivity contribution in [2.45, 2.75) is 6.92 Å². The minimum atomic E-state index is 0.488. The Kier molecular flexibility index (Phi) is 2.83. The molecule has 0 aromatic carbocycles. The number of hydrogen-bond acceptors (Lipinski definition) is 3. The Labute approximate surface area is 42.1 Å². The topological polar surface area (TPSA) is 63.1 Å². The fourth-order valence-corrected chi connectivity index (χ4v) is 0.171. The molecule has 2 N–H and O–H groups in total. The average Bonchev–Trinajstić information content (AvgIpc) is 1.68. The molecule has 0 spiro atoms. The van der Waals surface area contributed by atoms with E-state index in [1.165, 1.54) is 0 Å². The third-order valence-electron chi connectivity index (χ3n) is 0.432. The first-order valence-corrected chi connectivity index (χ1v) is 1.85. The molecule has 0 amide bonds. The highest BCUT2D eigenvalue weighted by Gasteiger charge is 1.75. The maximum atomic E-state index is 4.79. The summed E-state index contributed by atoms with van der Waals surface area (Å²) in [5.74, 6) is 5.28. The normalized spacial score (nSPS) is 13.1. The maximum Gasteiger partial charge on any atom is 0.166 e. The van der Waals surface area contributed by atoms with Crippen LogP contribution in [0.25, 0.3) is 0 Å². The fourth-order valence-electron chi connectivity index (χ4n) is 0.171. The zero-order chi connectivity index (χ0) is 5.70. The van der Waals surface area contributed by atoms with E-state index in [0.29, 0.717) is 5.84 Å². The first-order chi connectivity index (χ1) is 3.31. The van der Waals surface area contributed by atoms with Gasteiger partial charge >= 0.3 is 0 Å². The number of azo groups is 1. The standard InChI is InChI=1S/C3H8N4/c1-3(6-4)7-5-2/h4H2,1-2H3/b6-3-,7-5?. The van der Waals surface area contributed by atoms with E-state index in [2.05, 4.69) is 15.3 Å². The lowest BCUT2D eigenvalue weighted by Crippen LogP contribution is -1.89. The smallest absolute Gasteiger partial charge is 0.166 e. The Morgan fingerprint density at radius 2 is 2.14 bits per heavy atom. The van der Waals surface area contributed by atoms with E-state index in [1.807, 2.05) is 0 Å². The van der Waals surface area contributed by atoms with Crippen molar-refractivity contribution in [1.29, 1.82) is 0 Å². The maximum absolute atomic E-state index is 4.79. The second-order valence-corrected chi connectivity index (χ2v) is 0.976. The molecule has 0 bridgehead atoms. The molecule has 0 atom stereocenters. The minimum absolute atomic E-state index is 0.488. The Morgan fingerprint density at radius 1 is 1.57 bits per heavy atom. The Hall–Kier alpha value is -0.930. The highest BCUT2D eigenvalue weighted by molar-refractivity contribution is 5.79. The molecule has 0 aromatic heterocycles. The summed E-state index contributed by atoms with van der Waals surface area (Å²) in [6.07, 6.45) is 0. The zero-order valence-electron chi connectivity index (χ0n) is 4.42. The monoisotopic (exact) mass is 100 g/mol. The van der Waals surface area contributed by atoms with Crippen molar-refractivity contribution in [3.8, 4) is 0 Å². The van der Waals surface area contributed by atoms with Gasteiger partial charge < -0.3 is 5.84 Å². The molecule has 0 rings (SSSR count). The predicted octanol–water partition coefficient (Wildman–Crippen LogP) is 0.361. The molecule has 0 aliphatic heterocycles. The van der Waals surface area contributed by atoms with Crippen LogP contribution in [0, 0.1) is 0 Å². The van der Waals surface area contributed by atoms with Gasteiger partial charge in [-0.1, -0.05) is 0 Å². The summed E-state index contributed by atoms with van der Waals surface area (Å²) in [5, 5.41) is 10.1. The largest absolute Gasteiger partial charge is 0.321 e. The van der Waals surface area contributed by atoms with Crippen LogP contribution in [0.5, 0.6) is 0 Å². The van der Waals surface area contributed by atoms with Gasteiger partial charge in [0.1, 0.15) is 0 Å². The predicted molar refractivity (Wildman–Crippen MR) is 28.1 cm³/mol. The number of nitrogens with zero attached hydrogens (tertiary/aromatic N) is 3.